The lowest BCUT2D eigenvalue weighted by molar-refractivity contribution is -0.189. The average molecular weight is 170 g/mol. The number of unbranched alkanes of at least 4 members (excludes halogenated alkanes) is 1. The number of carbonyl (C=O) groups is 1. The lowest BCUT2D eigenvalue weighted by Gasteiger charge is -2.37. The van der Waals surface area contributed by atoms with Crippen LogP contribution in [0, 0.1) is 11.8 Å². The van der Waals surface area contributed by atoms with Crippen LogP contribution >= 0.6 is 0 Å². The van der Waals surface area contributed by atoms with Crippen molar-refractivity contribution in [2.45, 2.75) is 46.1 Å². The van der Waals surface area contributed by atoms with Gasteiger partial charge in [0.05, 0.1) is 5.92 Å². The molecule has 2 nitrogen and oxygen atoms in total. The number of rotatable bonds is 4. The molecule has 1 aliphatic rings. The van der Waals surface area contributed by atoms with Crippen molar-refractivity contribution in [2.24, 2.45) is 11.8 Å². The minimum atomic E-state index is 0.00565. The van der Waals surface area contributed by atoms with E-state index in [0.717, 1.165) is 6.42 Å². The minimum absolute atomic E-state index is 0.00565. The molecule has 0 aromatic carbocycles. The fourth-order valence-electron chi connectivity index (χ4n) is 1.73. The second-order valence-electron chi connectivity index (χ2n) is 3.89. The highest BCUT2D eigenvalue weighted by molar-refractivity contribution is 5.78. The molecule has 1 saturated heterocycles. The summed E-state index contributed by atoms with van der Waals surface area (Å²) in [5.41, 5.74) is 0. The van der Waals surface area contributed by atoms with Gasteiger partial charge in [0.25, 0.3) is 0 Å². The van der Waals surface area contributed by atoms with Crippen LogP contribution in [-0.2, 0) is 9.53 Å². The Morgan fingerprint density at radius 3 is 2.58 bits per heavy atom. The Morgan fingerprint density at radius 2 is 2.17 bits per heavy atom. The highest BCUT2D eigenvalue weighted by Gasteiger charge is 2.43. The molecule has 0 radical (unpaired) electrons. The van der Waals surface area contributed by atoms with Gasteiger partial charge in [-0.3, -0.25) is 4.79 Å². The van der Waals surface area contributed by atoms with Gasteiger partial charge in [-0.2, -0.15) is 0 Å². The van der Waals surface area contributed by atoms with Gasteiger partial charge >= 0.3 is 5.97 Å². The summed E-state index contributed by atoms with van der Waals surface area (Å²) in [6.07, 6.45) is 3.61. The molecule has 70 valence electrons. The van der Waals surface area contributed by atoms with Crippen LogP contribution in [0.1, 0.15) is 40.0 Å². The van der Waals surface area contributed by atoms with Crippen LogP contribution in [0.25, 0.3) is 0 Å². The van der Waals surface area contributed by atoms with Crippen molar-refractivity contribution >= 4 is 5.97 Å². The summed E-state index contributed by atoms with van der Waals surface area (Å²) in [4.78, 5) is 11.0. The van der Waals surface area contributed by atoms with Gasteiger partial charge in [0, 0.05) is 0 Å². The highest BCUT2D eigenvalue weighted by Crippen LogP contribution is 2.32. The maximum atomic E-state index is 11.0. The lowest BCUT2D eigenvalue weighted by Crippen LogP contribution is -2.47. The highest BCUT2D eigenvalue weighted by atomic mass is 16.6. The first kappa shape index (κ1) is 9.56. The van der Waals surface area contributed by atoms with E-state index < -0.39 is 0 Å². The monoisotopic (exact) mass is 170 g/mol. The molecule has 0 aromatic rings. The second-order valence-corrected chi connectivity index (χ2v) is 3.89. The van der Waals surface area contributed by atoms with Crippen LogP contribution in [0.3, 0.4) is 0 Å². The van der Waals surface area contributed by atoms with Crippen LogP contribution in [-0.4, -0.2) is 12.1 Å². The van der Waals surface area contributed by atoms with E-state index >= 15 is 0 Å². The van der Waals surface area contributed by atoms with Gasteiger partial charge < -0.3 is 4.74 Å². The number of esters is 1. The van der Waals surface area contributed by atoms with Gasteiger partial charge in [-0.25, -0.2) is 0 Å². The Morgan fingerprint density at radius 1 is 1.50 bits per heavy atom. The maximum Gasteiger partial charge on any atom is 0.313 e. The molecule has 12 heavy (non-hydrogen) atoms. The van der Waals surface area contributed by atoms with Crippen LogP contribution in [0.2, 0.25) is 0 Å². The molecule has 0 bridgehead atoms. The van der Waals surface area contributed by atoms with Crippen molar-refractivity contribution in [1.82, 2.24) is 0 Å². The Balaban J connectivity index is 2.33. The van der Waals surface area contributed by atoms with Crippen LogP contribution in [0.15, 0.2) is 0 Å². The summed E-state index contributed by atoms with van der Waals surface area (Å²) in [5, 5.41) is 0. The third-order valence-electron chi connectivity index (χ3n) is 2.50. The molecule has 0 spiro atoms. The topological polar surface area (TPSA) is 26.3 Å². The largest absolute Gasteiger partial charge is 0.461 e. The Labute approximate surface area is 74.3 Å². The van der Waals surface area contributed by atoms with Gasteiger partial charge in [0.2, 0.25) is 0 Å². The number of hydrogen-bond donors (Lipinski definition) is 0. The third kappa shape index (κ3) is 1.79. The Hall–Kier alpha value is -0.530. The van der Waals surface area contributed by atoms with E-state index in [0.29, 0.717) is 5.92 Å². The molecule has 1 aliphatic heterocycles. The smallest absolute Gasteiger partial charge is 0.313 e. The van der Waals surface area contributed by atoms with Crippen molar-refractivity contribution < 1.29 is 9.53 Å². The zero-order valence-corrected chi connectivity index (χ0v) is 8.17. The molecule has 2 heteroatoms. The fourth-order valence-corrected chi connectivity index (χ4v) is 1.73. The van der Waals surface area contributed by atoms with Gasteiger partial charge in [-0.1, -0.05) is 33.6 Å². The van der Waals surface area contributed by atoms with Crippen LogP contribution < -0.4 is 0 Å². The van der Waals surface area contributed by atoms with E-state index in [9.17, 15) is 4.79 Å². The van der Waals surface area contributed by atoms with E-state index in [1.54, 1.807) is 0 Å². The normalized spacial score (nSPS) is 28.5. The molecule has 0 aromatic heterocycles. The Bertz CT molecular complexity index is 163. The molecular formula is C10H18O2. The quantitative estimate of drug-likeness (QED) is 0.605. The van der Waals surface area contributed by atoms with Gasteiger partial charge in [0.15, 0.2) is 0 Å². The van der Waals surface area contributed by atoms with Crippen molar-refractivity contribution in [3.8, 4) is 0 Å². The maximum absolute atomic E-state index is 11.0. The average Bonchev–Trinajstić information content (AvgIpc) is 1.95. The van der Waals surface area contributed by atoms with Gasteiger partial charge in [-0.05, 0) is 12.3 Å². The number of cyclic esters (lactones) is 1. The number of ether oxygens (including phenoxy) is 1. The van der Waals surface area contributed by atoms with Gasteiger partial charge in [-0.15, -0.1) is 0 Å². The first-order chi connectivity index (χ1) is 5.66. The first-order valence-electron chi connectivity index (χ1n) is 4.87. The molecule has 0 N–H and O–H groups in total. The minimum Gasteiger partial charge on any atom is -0.461 e. The van der Waals surface area contributed by atoms with Crippen molar-refractivity contribution in [3.63, 3.8) is 0 Å². The van der Waals surface area contributed by atoms with Crippen molar-refractivity contribution in [1.29, 1.82) is 0 Å². The van der Waals surface area contributed by atoms with E-state index in [1.807, 2.05) is 0 Å². The molecule has 2 atom stereocenters. The molecule has 1 heterocycles. The number of hydrogen-bond acceptors (Lipinski definition) is 2. The van der Waals surface area contributed by atoms with E-state index in [-0.39, 0.29) is 18.0 Å². The molecular weight excluding hydrogens is 152 g/mol. The van der Waals surface area contributed by atoms with E-state index in [2.05, 4.69) is 20.8 Å². The summed E-state index contributed by atoms with van der Waals surface area (Å²) >= 11 is 0. The zero-order valence-electron chi connectivity index (χ0n) is 8.17. The van der Waals surface area contributed by atoms with Crippen LogP contribution in [0.4, 0.5) is 0 Å². The third-order valence-corrected chi connectivity index (χ3v) is 2.50. The van der Waals surface area contributed by atoms with E-state index in [1.165, 1.54) is 12.8 Å². The molecule has 0 amide bonds. The molecule has 0 unspecified atom stereocenters. The Kier molecular flexibility index (Phi) is 3.12. The SMILES string of the molecule is CCCC[C@@H]1OC(=O)[C@@H]1C(C)C. The van der Waals surface area contributed by atoms with Crippen molar-refractivity contribution in [2.75, 3.05) is 0 Å². The predicted molar refractivity (Wildman–Crippen MR) is 47.7 cm³/mol. The summed E-state index contributed by atoms with van der Waals surface area (Å²) in [6.45, 7) is 6.33. The molecule has 1 rings (SSSR count). The van der Waals surface area contributed by atoms with E-state index in [4.69, 9.17) is 4.74 Å². The van der Waals surface area contributed by atoms with Crippen molar-refractivity contribution in [3.05, 3.63) is 0 Å². The fraction of sp³-hybridized carbons (Fsp3) is 0.900. The summed E-state index contributed by atoms with van der Waals surface area (Å²) in [5.74, 6) is 0.621. The molecule has 0 aliphatic carbocycles. The van der Waals surface area contributed by atoms with Crippen LogP contribution in [0.5, 0.6) is 0 Å². The predicted octanol–water partition coefficient (Wildman–Crippen LogP) is 2.37. The summed E-state index contributed by atoms with van der Waals surface area (Å²) in [7, 11) is 0. The second kappa shape index (κ2) is 3.92. The summed E-state index contributed by atoms with van der Waals surface area (Å²) < 4.78 is 5.08. The summed E-state index contributed by atoms with van der Waals surface area (Å²) in [6, 6.07) is 0. The zero-order chi connectivity index (χ0) is 9.14. The molecule has 1 fully saturated rings. The first-order valence-corrected chi connectivity index (χ1v) is 4.87. The number of carbonyl (C=O) groups excluding carboxylic acids is 1. The van der Waals surface area contributed by atoms with Gasteiger partial charge in [0.1, 0.15) is 6.10 Å². The standard InChI is InChI=1S/C10H18O2/c1-4-5-6-8-9(7(2)3)10(11)12-8/h7-9H,4-6H2,1-3H3/t8-,9+/m0/s1. The lowest BCUT2D eigenvalue weighted by atomic mass is 9.83. The molecule has 0 saturated carbocycles.